The van der Waals surface area contributed by atoms with Crippen LogP contribution in [0.3, 0.4) is 0 Å². The molecule has 0 saturated carbocycles. The van der Waals surface area contributed by atoms with Crippen molar-refractivity contribution in [1.82, 2.24) is 15.3 Å². The van der Waals surface area contributed by atoms with E-state index in [0.29, 0.717) is 13.0 Å². The van der Waals surface area contributed by atoms with Crippen LogP contribution < -0.4 is 10.1 Å². The summed E-state index contributed by atoms with van der Waals surface area (Å²) in [7, 11) is 0. The number of hydrogen-bond acceptors (Lipinski definition) is 4. The van der Waals surface area contributed by atoms with Gasteiger partial charge >= 0.3 is 0 Å². The zero-order valence-electron chi connectivity index (χ0n) is 12.1. The van der Waals surface area contributed by atoms with Gasteiger partial charge in [0, 0.05) is 29.9 Å². The van der Waals surface area contributed by atoms with E-state index in [1.807, 2.05) is 38.1 Å². The molecule has 1 aromatic heterocycles. The second-order valence-electron chi connectivity index (χ2n) is 5.16. The Morgan fingerprint density at radius 1 is 1.29 bits per heavy atom. The lowest BCUT2D eigenvalue weighted by Crippen LogP contribution is -2.37. The van der Waals surface area contributed by atoms with E-state index in [0.717, 1.165) is 28.3 Å². The topological polar surface area (TPSA) is 64.1 Å². The van der Waals surface area contributed by atoms with Gasteiger partial charge in [0.1, 0.15) is 12.1 Å². The highest BCUT2D eigenvalue weighted by Crippen LogP contribution is 2.28. The van der Waals surface area contributed by atoms with Crippen LogP contribution in [0.4, 0.5) is 0 Å². The van der Waals surface area contributed by atoms with Crippen LogP contribution in [-0.2, 0) is 17.8 Å². The quantitative estimate of drug-likeness (QED) is 0.931. The number of benzene rings is 1. The standard InChI is InChI=1S/C16H17N3O2/c1-10-13(11(2)19-9-18-10)8-17-16(20)15-7-12-5-3-4-6-14(12)21-15/h3-6,9,15H,7-8H2,1-2H3,(H,17,20). The van der Waals surface area contributed by atoms with Crippen LogP contribution in [0.5, 0.6) is 5.75 Å². The lowest BCUT2D eigenvalue weighted by molar-refractivity contribution is -0.127. The zero-order chi connectivity index (χ0) is 14.8. The maximum atomic E-state index is 12.2. The van der Waals surface area contributed by atoms with Crippen molar-refractivity contribution in [3.63, 3.8) is 0 Å². The minimum absolute atomic E-state index is 0.103. The van der Waals surface area contributed by atoms with Gasteiger partial charge < -0.3 is 10.1 Å². The van der Waals surface area contributed by atoms with Gasteiger partial charge in [0.2, 0.25) is 0 Å². The Labute approximate surface area is 123 Å². The fourth-order valence-electron chi connectivity index (χ4n) is 2.49. The summed E-state index contributed by atoms with van der Waals surface area (Å²) in [4.78, 5) is 20.5. The van der Waals surface area contributed by atoms with Crippen LogP contribution in [-0.4, -0.2) is 22.0 Å². The molecule has 108 valence electrons. The predicted molar refractivity (Wildman–Crippen MR) is 77.9 cm³/mol. The van der Waals surface area contributed by atoms with Crippen molar-refractivity contribution in [2.75, 3.05) is 0 Å². The van der Waals surface area contributed by atoms with Crippen molar-refractivity contribution >= 4 is 5.91 Å². The average molecular weight is 283 g/mol. The number of carbonyl (C=O) groups is 1. The number of rotatable bonds is 3. The number of hydrogen-bond donors (Lipinski definition) is 1. The maximum Gasteiger partial charge on any atom is 0.261 e. The average Bonchev–Trinajstić information content (AvgIpc) is 2.90. The van der Waals surface area contributed by atoms with Crippen molar-refractivity contribution in [1.29, 1.82) is 0 Å². The summed E-state index contributed by atoms with van der Waals surface area (Å²) in [6.07, 6.45) is 1.70. The first-order valence-electron chi connectivity index (χ1n) is 6.94. The van der Waals surface area contributed by atoms with Gasteiger partial charge in [0.05, 0.1) is 0 Å². The number of amides is 1. The van der Waals surface area contributed by atoms with Crippen LogP contribution in [0.2, 0.25) is 0 Å². The summed E-state index contributed by atoms with van der Waals surface area (Å²) in [5.41, 5.74) is 3.81. The molecular weight excluding hydrogens is 266 g/mol. The second kappa shape index (κ2) is 5.52. The molecule has 5 nitrogen and oxygen atoms in total. The highest BCUT2D eigenvalue weighted by Gasteiger charge is 2.28. The summed E-state index contributed by atoms with van der Waals surface area (Å²) in [5, 5.41) is 2.91. The molecule has 1 unspecified atom stereocenters. The lowest BCUT2D eigenvalue weighted by atomic mass is 10.1. The molecule has 1 atom stereocenters. The maximum absolute atomic E-state index is 12.2. The van der Waals surface area contributed by atoms with E-state index in [1.54, 1.807) is 0 Å². The smallest absolute Gasteiger partial charge is 0.261 e. The molecule has 0 spiro atoms. The molecule has 1 aliphatic heterocycles. The third-order valence-corrected chi connectivity index (χ3v) is 3.76. The fraction of sp³-hybridized carbons (Fsp3) is 0.312. The van der Waals surface area contributed by atoms with Crippen LogP contribution in [0.15, 0.2) is 30.6 Å². The summed E-state index contributed by atoms with van der Waals surface area (Å²) < 4.78 is 5.67. The van der Waals surface area contributed by atoms with Gasteiger partial charge in [-0.15, -0.1) is 0 Å². The van der Waals surface area contributed by atoms with Crippen molar-refractivity contribution < 1.29 is 9.53 Å². The Balaban J connectivity index is 1.64. The number of fused-ring (bicyclic) bond motifs is 1. The van der Waals surface area contributed by atoms with E-state index in [2.05, 4.69) is 15.3 Å². The Hall–Kier alpha value is -2.43. The highest BCUT2D eigenvalue weighted by molar-refractivity contribution is 5.82. The molecule has 0 bridgehead atoms. The number of aryl methyl sites for hydroxylation is 2. The molecule has 21 heavy (non-hydrogen) atoms. The largest absolute Gasteiger partial charge is 0.480 e. The molecule has 0 aliphatic carbocycles. The molecule has 0 radical (unpaired) electrons. The third-order valence-electron chi connectivity index (χ3n) is 3.76. The van der Waals surface area contributed by atoms with Gasteiger partial charge in [0.15, 0.2) is 6.10 Å². The molecule has 1 N–H and O–H groups in total. The molecule has 0 saturated heterocycles. The Morgan fingerprint density at radius 2 is 2.00 bits per heavy atom. The van der Waals surface area contributed by atoms with Crippen molar-refractivity contribution in [3.05, 3.63) is 53.1 Å². The van der Waals surface area contributed by atoms with E-state index < -0.39 is 6.10 Å². The van der Waals surface area contributed by atoms with Gasteiger partial charge in [-0.1, -0.05) is 18.2 Å². The molecule has 2 aromatic rings. The summed E-state index contributed by atoms with van der Waals surface area (Å²) >= 11 is 0. The zero-order valence-corrected chi connectivity index (χ0v) is 12.1. The minimum Gasteiger partial charge on any atom is -0.480 e. The van der Waals surface area contributed by atoms with Gasteiger partial charge in [-0.2, -0.15) is 0 Å². The highest BCUT2D eigenvalue weighted by atomic mass is 16.5. The van der Waals surface area contributed by atoms with Crippen LogP contribution >= 0.6 is 0 Å². The van der Waals surface area contributed by atoms with E-state index in [4.69, 9.17) is 4.74 Å². The van der Waals surface area contributed by atoms with Gasteiger partial charge in [-0.3, -0.25) is 4.79 Å². The minimum atomic E-state index is -0.451. The van der Waals surface area contributed by atoms with Crippen LogP contribution in [0, 0.1) is 13.8 Å². The SMILES string of the molecule is Cc1ncnc(C)c1CNC(=O)C1Cc2ccccc2O1. The van der Waals surface area contributed by atoms with Gasteiger partial charge in [-0.05, 0) is 25.5 Å². The normalized spacial score (nSPS) is 16.2. The fourth-order valence-corrected chi connectivity index (χ4v) is 2.49. The third kappa shape index (κ3) is 2.72. The summed E-state index contributed by atoms with van der Waals surface area (Å²) in [5.74, 6) is 0.696. The van der Waals surface area contributed by atoms with Crippen LogP contribution in [0.25, 0.3) is 0 Å². The number of para-hydroxylation sites is 1. The number of carbonyl (C=O) groups excluding carboxylic acids is 1. The molecule has 3 rings (SSSR count). The van der Waals surface area contributed by atoms with E-state index in [-0.39, 0.29) is 5.91 Å². The Morgan fingerprint density at radius 3 is 2.71 bits per heavy atom. The van der Waals surface area contributed by atoms with Gasteiger partial charge in [0.25, 0.3) is 5.91 Å². The number of nitrogens with one attached hydrogen (secondary N) is 1. The molecule has 1 aliphatic rings. The van der Waals surface area contributed by atoms with Crippen LogP contribution in [0.1, 0.15) is 22.5 Å². The summed E-state index contributed by atoms with van der Waals surface area (Å²) in [6.45, 7) is 4.25. The first-order chi connectivity index (χ1) is 10.1. The van der Waals surface area contributed by atoms with E-state index in [9.17, 15) is 4.79 Å². The van der Waals surface area contributed by atoms with E-state index in [1.165, 1.54) is 6.33 Å². The van der Waals surface area contributed by atoms with Crippen molar-refractivity contribution in [2.45, 2.75) is 32.9 Å². The van der Waals surface area contributed by atoms with Gasteiger partial charge in [-0.25, -0.2) is 9.97 Å². The van der Waals surface area contributed by atoms with E-state index >= 15 is 0 Å². The second-order valence-corrected chi connectivity index (χ2v) is 5.16. The molecule has 1 aromatic carbocycles. The summed E-state index contributed by atoms with van der Waals surface area (Å²) in [6, 6.07) is 7.74. The number of nitrogens with zero attached hydrogens (tertiary/aromatic N) is 2. The number of ether oxygens (including phenoxy) is 1. The molecule has 1 amide bonds. The lowest BCUT2D eigenvalue weighted by Gasteiger charge is -2.13. The Kier molecular flexibility index (Phi) is 3.56. The molecule has 0 fully saturated rings. The molecule has 5 heteroatoms. The number of aromatic nitrogens is 2. The predicted octanol–water partition coefficient (Wildman–Crippen LogP) is 1.71. The van der Waals surface area contributed by atoms with Crippen molar-refractivity contribution in [3.8, 4) is 5.75 Å². The monoisotopic (exact) mass is 283 g/mol. The molecule has 2 heterocycles. The first-order valence-corrected chi connectivity index (χ1v) is 6.94. The van der Waals surface area contributed by atoms with Crippen molar-refractivity contribution in [2.24, 2.45) is 0 Å². The first kappa shape index (κ1) is 13.5. The Bertz CT molecular complexity index is 640. The molecular formula is C16H17N3O2.